The van der Waals surface area contributed by atoms with Gasteiger partial charge in [-0.1, -0.05) is 13.8 Å². The quantitative estimate of drug-likeness (QED) is 0.667. The second kappa shape index (κ2) is 4.88. The smallest absolute Gasteiger partial charge is 0.285 e. The van der Waals surface area contributed by atoms with Gasteiger partial charge in [0.1, 0.15) is 0 Å². The minimum absolute atomic E-state index is 0.109. The third-order valence-corrected chi connectivity index (χ3v) is 4.15. The van der Waals surface area contributed by atoms with Crippen molar-refractivity contribution in [2.75, 3.05) is 5.32 Å². The molecule has 1 fully saturated rings. The molecule has 0 saturated heterocycles. The van der Waals surface area contributed by atoms with Gasteiger partial charge in [-0.05, 0) is 52.7 Å². The van der Waals surface area contributed by atoms with Crippen LogP contribution in [0, 0.1) is 15.5 Å². The first-order valence-electron chi connectivity index (χ1n) is 6.08. The van der Waals surface area contributed by atoms with E-state index < -0.39 is 0 Å². The molecule has 4 nitrogen and oxygen atoms in total. The third kappa shape index (κ3) is 3.02. The Balaban J connectivity index is 2.11. The highest BCUT2D eigenvalue weighted by Crippen LogP contribution is 2.38. The predicted octanol–water partition coefficient (Wildman–Crippen LogP) is 4.35. The van der Waals surface area contributed by atoms with Crippen LogP contribution in [0.25, 0.3) is 0 Å². The van der Waals surface area contributed by atoms with E-state index in [4.69, 9.17) is 0 Å². The normalized spacial score (nSPS) is 21.8. The van der Waals surface area contributed by atoms with Crippen LogP contribution in [0.4, 0.5) is 11.4 Å². The molecule has 1 saturated carbocycles. The molecule has 0 heterocycles. The summed E-state index contributed by atoms with van der Waals surface area (Å²) in [6, 6.07) is 5.61. The van der Waals surface area contributed by atoms with E-state index >= 15 is 0 Å². The van der Waals surface area contributed by atoms with Crippen molar-refractivity contribution in [3.63, 3.8) is 0 Å². The zero-order chi connectivity index (χ0) is 13.3. The maximum atomic E-state index is 10.9. The van der Waals surface area contributed by atoms with E-state index in [9.17, 15) is 10.1 Å². The van der Waals surface area contributed by atoms with Crippen molar-refractivity contribution in [1.82, 2.24) is 0 Å². The maximum Gasteiger partial charge on any atom is 0.285 e. The van der Waals surface area contributed by atoms with Crippen molar-refractivity contribution in [2.45, 2.75) is 39.2 Å². The highest BCUT2D eigenvalue weighted by atomic mass is 79.9. The molecule has 0 spiro atoms. The average molecular weight is 313 g/mol. The van der Waals surface area contributed by atoms with E-state index in [1.54, 1.807) is 12.1 Å². The lowest BCUT2D eigenvalue weighted by molar-refractivity contribution is -0.385. The number of benzene rings is 1. The summed E-state index contributed by atoms with van der Waals surface area (Å²) in [6.07, 6.45) is 3.43. The van der Waals surface area contributed by atoms with Crippen molar-refractivity contribution < 1.29 is 4.92 Å². The first-order chi connectivity index (χ1) is 8.37. The van der Waals surface area contributed by atoms with Gasteiger partial charge in [-0.15, -0.1) is 0 Å². The average Bonchev–Trinajstić information content (AvgIpc) is 2.60. The fourth-order valence-electron chi connectivity index (χ4n) is 2.54. The fraction of sp³-hybridized carbons (Fsp3) is 0.538. The summed E-state index contributed by atoms with van der Waals surface area (Å²) in [5.41, 5.74) is 1.31. The van der Waals surface area contributed by atoms with Crippen molar-refractivity contribution >= 4 is 27.3 Å². The van der Waals surface area contributed by atoms with Crippen LogP contribution in [0.15, 0.2) is 22.7 Å². The molecule has 2 rings (SSSR count). The number of rotatable bonds is 3. The molecule has 0 aliphatic heterocycles. The van der Waals surface area contributed by atoms with Crippen molar-refractivity contribution in [3.05, 3.63) is 32.8 Å². The van der Waals surface area contributed by atoms with Gasteiger partial charge in [0.15, 0.2) is 0 Å². The van der Waals surface area contributed by atoms with Gasteiger partial charge in [-0.2, -0.15) is 0 Å². The lowest BCUT2D eigenvalue weighted by atomic mass is 9.92. The Morgan fingerprint density at radius 3 is 2.78 bits per heavy atom. The van der Waals surface area contributed by atoms with Crippen LogP contribution in [0.5, 0.6) is 0 Å². The molecule has 0 bridgehead atoms. The number of halogens is 1. The van der Waals surface area contributed by atoms with Crippen LogP contribution < -0.4 is 5.32 Å². The third-order valence-electron chi connectivity index (χ3n) is 3.48. The SMILES string of the molecule is CC1(C)CCC(Nc2ccc(Br)c([N+](=O)[O-])c2)C1. The summed E-state index contributed by atoms with van der Waals surface area (Å²) in [6.45, 7) is 4.53. The van der Waals surface area contributed by atoms with Crippen molar-refractivity contribution in [2.24, 2.45) is 5.41 Å². The lowest BCUT2D eigenvalue weighted by Crippen LogP contribution is -2.17. The van der Waals surface area contributed by atoms with Gasteiger partial charge >= 0.3 is 0 Å². The summed E-state index contributed by atoms with van der Waals surface area (Å²) in [5.74, 6) is 0. The summed E-state index contributed by atoms with van der Waals surface area (Å²) in [4.78, 5) is 10.5. The first-order valence-corrected chi connectivity index (χ1v) is 6.87. The second-order valence-corrected chi connectivity index (χ2v) is 6.53. The molecule has 1 atom stereocenters. The van der Waals surface area contributed by atoms with Crippen LogP contribution in [-0.2, 0) is 0 Å². The molecule has 1 aromatic carbocycles. The minimum Gasteiger partial charge on any atom is -0.382 e. The van der Waals surface area contributed by atoms with Crippen molar-refractivity contribution in [1.29, 1.82) is 0 Å². The standard InChI is InChI=1S/C13H17BrN2O2/c1-13(2)6-5-10(8-13)15-9-3-4-11(14)12(7-9)16(17)18/h3-4,7,10,15H,5-6,8H2,1-2H3. The number of hydrogen-bond donors (Lipinski definition) is 1. The van der Waals surface area contributed by atoms with E-state index in [2.05, 4.69) is 35.1 Å². The van der Waals surface area contributed by atoms with E-state index in [-0.39, 0.29) is 10.6 Å². The number of anilines is 1. The van der Waals surface area contributed by atoms with Crippen LogP contribution in [0.3, 0.4) is 0 Å². The van der Waals surface area contributed by atoms with E-state index in [0.29, 0.717) is 15.9 Å². The molecule has 0 amide bonds. The van der Waals surface area contributed by atoms with Crippen LogP contribution >= 0.6 is 15.9 Å². The molecule has 0 aromatic heterocycles. The molecule has 1 aliphatic rings. The van der Waals surface area contributed by atoms with Crippen molar-refractivity contribution in [3.8, 4) is 0 Å². The Morgan fingerprint density at radius 1 is 1.50 bits per heavy atom. The Kier molecular flexibility index (Phi) is 3.61. The lowest BCUT2D eigenvalue weighted by Gasteiger charge is -2.18. The summed E-state index contributed by atoms with van der Waals surface area (Å²) in [5, 5.41) is 14.3. The predicted molar refractivity (Wildman–Crippen MR) is 75.8 cm³/mol. The number of hydrogen-bond acceptors (Lipinski definition) is 3. The molecule has 1 aromatic rings. The number of nitro benzene ring substituents is 1. The van der Waals surface area contributed by atoms with Gasteiger partial charge in [0.2, 0.25) is 0 Å². The van der Waals surface area contributed by atoms with E-state index in [0.717, 1.165) is 18.5 Å². The summed E-state index contributed by atoms with van der Waals surface area (Å²) < 4.78 is 0.518. The van der Waals surface area contributed by atoms with Gasteiger partial charge in [0.25, 0.3) is 5.69 Å². The highest BCUT2D eigenvalue weighted by molar-refractivity contribution is 9.10. The Hall–Kier alpha value is -1.10. The van der Waals surface area contributed by atoms with Gasteiger partial charge in [0, 0.05) is 17.8 Å². The Morgan fingerprint density at radius 2 is 2.22 bits per heavy atom. The number of nitrogens with zero attached hydrogens (tertiary/aromatic N) is 1. The zero-order valence-corrected chi connectivity index (χ0v) is 12.2. The van der Waals surface area contributed by atoms with E-state index in [1.807, 2.05) is 6.07 Å². The monoisotopic (exact) mass is 312 g/mol. The minimum atomic E-state index is -0.367. The topological polar surface area (TPSA) is 55.2 Å². The molecule has 18 heavy (non-hydrogen) atoms. The van der Waals surface area contributed by atoms with Crippen LogP contribution in [-0.4, -0.2) is 11.0 Å². The molecule has 98 valence electrons. The van der Waals surface area contributed by atoms with Gasteiger partial charge in [-0.25, -0.2) is 0 Å². The molecule has 0 radical (unpaired) electrons. The molecule has 1 unspecified atom stereocenters. The van der Waals surface area contributed by atoms with Gasteiger partial charge in [0.05, 0.1) is 9.40 Å². The Labute approximate surface area is 115 Å². The van der Waals surface area contributed by atoms with E-state index in [1.165, 1.54) is 6.42 Å². The second-order valence-electron chi connectivity index (χ2n) is 5.67. The first kappa shape index (κ1) is 13.3. The maximum absolute atomic E-state index is 10.9. The molecular formula is C13H17BrN2O2. The number of nitro groups is 1. The van der Waals surface area contributed by atoms with Crippen LogP contribution in [0.1, 0.15) is 33.1 Å². The zero-order valence-electron chi connectivity index (χ0n) is 10.6. The summed E-state index contributed by atoms with van der Waals surface area (Å²) in [7, 11) is 0. The number of nitrogens with one attached hydrogen (secondary N) is 1. The molecule has 1 N–H and O–H groups in total. The molecule has 1 aliphatic carbocycles. The summed E-state index contributed by atoms with van der Waals surface area (Å²) >= 11 is 3.19. The van der Waals surface area contributed by atoms with Crippen LogP contribution in [0.2, 0.25) is 0 Å². The van der Waals surface area contributed by atoms with Gasteiger partial charge in [-0.3, -0.25) is 10.1 Å². The van der Waals surface area contributed by atoms with Gasteiger partial charge < -0.3 is 5.32 Å². The molecule has 5 heteroatoms. The highest BCUT2D eigenvalue weighted by Gasteiger charge is 2.30. The largest absolute Gasteiger partial charge is 0.382 e. The molecular weight excluding hydrogens is 296 g/mol. The fourth-order valence-corrected chi connectivity index (χ4v) is 2.93. The Bertz CT molecular complexity index is 474.